The Balaban J connectivity index is 2.31. The van der Waals surface area contributed by atoms with E-state index in [1.807, 2.05) is 0 Å². The van der Waals surface area contributed by atoms with Crippen molar-refractivity contribution in [2.75, 3.05) is 13.3 Å². The summed E-state index contributed by atoms with van der Waals surface area (Å²) in [4.78, 5) is 0.0533. The van der Waals surface area contributed by atoms with Gasteiger partial charge in [0, 0.05) is 19.8 Å². The van der Waals surface area contributed by atoms with E-state index in [-0.39, 0.29) is 16.3 Å². The minimum Gasteiger partial charge on any atom is -0.224 e. The summed E-state index contributed by atoms with van der Waals surface area (Å²) >= 11 is 12.0. The van der Waals surface area contributed by atoms with Gasteiger partial charge in [-0.1, -0.05) is 35.3 Å². The van der Waals surface area contributed by atoms with Crippen molar-refractivity contribution in [2.24, 2.45) is 0 Å². The second-order valence-electron chi connectivity index (χ2n) is 5.22. The van der Waals surface area contributed by atoms with E-state index in [2.05, 4.69) is 0 Å². The standard InChI is InChI=1S/C15H15Cl2NO4S2/c1-18(10-11-4-3-5-14(16)15(11)17)24(21,22)13-8-6-12(7-9-13)23(2,19)20/h3-9H,10H2,1-2H3. The van der Waals surface area contributed by atoms with Crippen LogP contribution in [0.5, 0.6) is 0 Å². The topological polar surface area (TPSA) is 71.5 Å². The molecule has 130 valence electrons. The first-order valence-electron chi connectivity index (χ1n) is 6.73. The fourth-order valence-electron chi connectivity index (χ4n) is 2.03. The fraction of sp³-hybridized carbons (Fsp3) is 0.200. The highest BCUT2D eigenvalue weighted by molar-refractivity contribution is 7.90. The van der Waals surface area contributed by atoms with Crippen molar-refractivity contribution in [1.82, 2.24) is 4.31 Å². The molecule has 0 aliphatic carbocycles. The molecule has 0 aliphatic heterocycles. The molecule has 0 spiro atoms. The first kappa shape index (κ1) is 19.2. The monoisotopic (exact) mass is 407 g/mol. The molecule has 9 heteroatoms. The van der Waals surface area contributed by atoms with Gasteiger partial charge < -0.3 is 0 Å². The minimum absolute atomic E-state index is 0.00412. The Kier molecular flexibility index (Phi) is 5.61. The number of halogens is 2. The van der Waals surface area contributed by atoms with Crippen LogP contribution in [0.3, 0.4) is 0 Å². The molecule has 5 nitrogen and oxygen atoms in total. The SMILES string of the molecule is CN(Cc1cccc(Cl)c1Cl)S(=O)(=O)c1ccc(S(C)(=O)=O)cc1. The van der Waals surface area contributed by atoms with Crippen LogP contribution < -0.4 is 0 Å². The molecule has 2 aromatic rings. The molecule has 0 atom stereocenters. The highest BCUT2D eigenvalue weighted by Gasteiger charge is 2.22. The van der Waals surface area contributed by atoms with Crippen LogP contribution >= 0.6 is 23.2 Å². The zero-order chi connectivity index (χ0) is 18.1. The summed E-state index contributed by atoms with van der Waals surface area (Å²) in [6.07, 6.45) is 1.06. The molecule has 0 unspecified atom stereocenters. The summed E-state index contributed by atoms with van der Waals surface area (Å²) < 4.78 is 49.2. The molecule has 0 radical (unpaired) electrons. The number of sulfone groups is 1. The molecule has 0 N–H and O–H groups in total. The maximum Gasteiger partial charge on any atom is 0.243 e. The van der Waals surface area contributed by atoms with Gasteiger partial charge in [0.15, 0.2) is 9.84 Å². The van der Waals surface area contributed by atoms with Gasteiger partial charge in [-0.2, -0.15) is 4.31 Å². The van der Waals surface area contributed by atoms with Gasteiger partial charge in [0.1, 0.15) is 0 Å². The number of hydrogen-bond acceptors (Lipinski definition) is 4. The predicted molar refractivity (Wildman–Crippen MR) is 94.7 cm³/mol. The summed E-state index contributed by atoms with van der Waals surface area (Å²) in [7, 11) is -5.76. The average Bonchev–Trinajstić information content (AvgIpc) is 2.51. The highest BCUT2D eigenvalue weighted by atomic mass is 35.5. The van der Waals surface area contributed by atoms with Crippen molar-refractivity contribution in [1.29, 1.82) is 0 Å². The van der Waals surface area contributed by atoms with Gasteiger partial charge in [0.05, 0.1) is 19.8 Å². The van der Waals surface area contributed by atoms with Gasteiger partial charge in [-0.25, -0.2) is 16.8 Å². The van der Waals surface area contributed by atoms with Crippen LogP contribution in [0, 0.1) is 0 Å². The van der Waals surface area contributed by atoms with Crippen molar-refractivity contribution in [3.63, 3.8) is 0 Å². The van der Waals surface area contributed by atoms with Gasteiger partial charge >= 0.3 is 0 Å². The first-order chi connectivity index (χ1) is 11.0. The van der Waals surface area contributed by atoms with Crippen molar-refractivity contribution >= 4 is 43.1 Å². The lowest BCUT2D eigenvalue weighted by molar-refractivity contribution is 0.466. The molecule has 0 saturated heterocycles. The average molecular weight is 408 g/mol. The smallest absolute Gasteiger partial charge is 0.224 e. The summed E-state index contributed by atoms with van der Waals surface area (Å²) in [6.45, 7) is 0.0373. The summed E-state index contributed by atoms with van der Waals surface area (Å²) in [5.74, 6) is 0. The zero-order valence-electron chi connectivity index (χ0n) is 12.9. The lowest BCUT2D eigenvalue weighted by Crippen LogP contribution is -2.26. The van der Waals surface area contributed by atoms with E-state index < -0.39 is 19.9 Å². The Morgan fingerprint density at radius 2 is 1.46 bits per heavy atom. The van der Waals surface area contributed by atoms with E-state index >= 15 is 0 Å². The normalized spacial score (nSPS) is 12.5. The Morgan fingerprint density at radius 1 is 0.917 bits per heavy atom. The molecular formula is C15H15Cl2NO4S2. The molecule has 24 heavy (non-hydrogen) atoms. The van der Waals surface area contributed by atoms with Crippen LogP contribution in [-0.2, 0) is 26.4 Å². The lowest BCUT2D eigenvalue weighted by atomic mass is 10.2. The minimum atomic E-state index is -3.79. The van der Waals surface area contributed by atoms with E-state index in [1.165, 1.54) is 31.3 Å². The van der Waals surface area contributed by atoms with Crippen molar-refractivity contribution < 1.29 is 16.8 Å². The van der Waals surface area contributed by atoms with E-state index in [1.54, 1.807) is 18.2 Å². The largest absolute Gasteiger partial charge is 0.243 e. The van der Waals surface area contributed by atoms with Crippen LogP contribution in [0.15, 0.2) is 52.3 Å². The number of benzene rings is 2. The molecule has 2 rings (SSSR count). The second kappa shape index (κ2) is 7.01. The van der Waals surface area contributed by atoms with Crippen molar-refractivity contribution in [3.8, 4) is 0 Å². The Morgan fingerprint density at radius 3 is 2.00 bits per heavy atom. The molecule has 0 fully saturated rings. The summed E-state index contributed by atoms with van der Waals surface area (Å²) in [6, 6.07) is 10.1. The van der Waals surface area contributed by atoms with E-state index in [4.69, 9.17) is 23.2 Å². The van der Waals surface area contributed by atoms with Crippen LogP contribution in [0.1, 0.15) is 5.56 Å². The highest BCUT2D eigenvalue weighted by Crippen LogP contribution is 2.27. The van der Waals surface area contributed by atoms with E-state index in [0.717, 1.165) is 10.6 Å². The maximum absolute atomic E-state index is 12.6. The molecule has 2 aromatic carbocycles. The third-order valence-corrected chi connectivity index (χ3v) is 7.19. The molecule has 0 bridgehead atoms. The van der Waals surface area contributed by atoms with Gasteiger partial charge in [-0.15, -0.1) is 0 Å². The Bertz CT molecular complexity index is 955. The third kappa shape index (κ3) is 4.10. The van der Waals surface area contributed by atoms with Crippen LogP contribution in [-0.4, -0.2) is 34.4 Å². The summed E-state index contributed by atoms with van der Waals surface area (Å²) in [5, 5.41) is 0.645. The quantitative estimate of drug-likeness (QED) is 0.762. The van der Waals surface area contributed by atoms with Gasteiger partial charge in [0.2, 0.25) is 10.0 Å². The summed E-state index contributed by atoms with van der Waals surface area (Å²) in [5.41, 5.74) is 0.572. The third-order valence-electron chi connectivity index (χ3n) is 3.38. The molecule has 0 aliphatic rings. The van der Waals surface area contributed by atoms with Crippen LogP contribution in [0.25, 0.3) is 0 Å². The predicted octanol–water partition coefficient (Wildman–Crippen LogP) is 3.22. The van der Waals surface area contributed by atoms with Crippen molar-refractivity contribution in [3.05, 3.63) is 58.1 Å². The Labute approximate surface area is 151 Å². The van der Waals surface area contributed by atoms with Crippen molar-refractivity contribution in [2.45, 2.75) is 16.3 Å². The lowest BCUT2D eigenvalue weighted by Gasteiger charge is -2.18. The van der Waals surface area contributed by atoms with Crippen LogP contribution in [0.4, 0.5) is 0 Å². The van der Waals surface area contributed by atoms with E-state index in [9.17, 15) is 16.8 Å². The molecule has 0 amide bonds. The number of rotatable bonds is 5. The number of sulfonamides is 1. The van der Waals surface area contributed by atoms with Gasteiger partial charge in [0.25, 0.3) is 0 Å². The first-order valence-corrected chi connectivity index (χ1v) is 10.8. The maximum atomic E-state index is 12.6. The molecular weight excluding hydrogens is 393 g/mol. The Hall–Kier alpha value is -1.12. The molecule has 0 saturated carbocycles. The van der Waals surface area contributed by atoms with Gasteiger partial charge in [-0.3, -0.25) is 0 Å². The number of hydrogen-bond donors (Lipinski definition) is 0. The zero-order valence-corrected chi connectivity index (χ0v) is 16.0. The fourth-order valence-corrected chi connectivity index (χ4v) is 4.19. The molecule has 0 heterocycles. The molecule has 0 aromatic heterocycles. The second-order valence-corrected chi connectivity index (χ2v) is 10.1. The van der Waals surface area contributed by atoms with E-state index in [0.29, 0.717) is 15.6 Å². The van der Waals surface area contributed by atoms with Crippen LogP contribution in [0.2, 0.25) is 10.0 Å². The van der Waals surface area contributed by atoms with Gasteiger partial charge in [-0.05, 0) is 35.9 Å². The number of nitrogens with zero attached hydrogens (tertiary/aromatic N) is 1.